The second-order valence-corrected chi connectivity index (χ2v) is 6.00. The van der Waals surface area contributed by atoms with Crippen molar-refractivity contribution in [2.24, 2.45) is 5.41 Å². The zero-order chi connectivity index (χ0) is 12.0. The Morgan fingerprint density at radius 2 is 1.88 bits per heavy atom. The molecule has 0 spiro atoms. The first-order valence-corrected chi connectivity index (χ1v) is 5.93. The Hall–Kier alpha value is -1.06. The van der Waals surface area contributed by atoms with Crippen molar-refractivity contribution in [1.29, 1.82) is 0 Å². The van der Waals surface area contributed by atoms with Crippen molar-refractivity contribution in [3.63, 3.8) is 0 Å². The summed E-state index contributed by atoms with van der Waals surface area (Å²) < 4.78 is 0. The van der Waals surface area contributed by atoms with E-state index in [4.69, 9.17) is 0 Å². The van der Waals surface area contributed by atoms with Crippen LogP contribution in [0.25, 0.3) is 0 Å². The zero-order valence-electron chi connectivity index (χ0n) is 10.3. The molecular weight excluding hydrogens is 204 g/mol. The van der Waals surface area contributed by atoms with E-state index in [1.165, 1.54) is 19.3 Å². The normalized spacial score (nSPS) is 27.3. The second-order valence-electron chi connectivity index (χ2n) is 6.00. The summed E-state index contributed by atoms with van der Waals surface area (Å²) in [6.07, 6.45) is 3.58. The predicted molar refractivity (Wildman–Crippen MR) is 60.8 cm³/mol. The number of carbonyl (C=O) groups excluding carboxylic acids is 2. The van der Waals surface area contributed by atoms with E-state index in [1.807, 2.05) is 0 Å². The molecule has 2 aliphatic rings. The first-order valence-electron chi connectivity index (χ1n) is 5.93. The SMILES string of the molecule is CC1(CN2CC(=O)NC(C)(C)C2=O)CCC1. The summed E-state index contributed by atoms with van der Waals surface area (Å²) >= 11 is 0. The minimum atomic E-state index is -0.741. The summed E-state index contributed by atoms with van der Waals surface area (Å²) in [7, 11) is 0. The van der Waals surface area contributed by atoms with E-state index >= 15 is 0 Å². The average molecular weight is 224 g/mol. The molecule has 1 saturated carbocycles. The smallest absolute Gasteiger partial charge is 0.248 e. The second kappa shape index (κ2) is 3.47. The Balaban J connectivity index is 2.08. The molecule has 2 amide bonds. The maximum Gasteiger partial charge on any atom is 0.248 e. The van der Waals surface area contributed by atoms with Crippen molar-refractivity contribution in [3.8, 4) is 0 Å². The summed E-state index contributed by atoms with van der Waals surface area (Å²) in [5, 5.41) is 2.73. The van der Waals surface area contributed by atoms with Crippen molar-refractivity contribution in [2.45, 2.75) is 45.6 Å². The Bertz CT molecular complexity index is 332. The van der Waals surface area contributed by atoms with Crippen molar-refractivity contribution >= 4 is 11.8 Å². The minimum absolute atomic E-state index is 0.0419. The largest absolute Gasteiger partial charge is 0.341 e. The number of hydrogen-bond acceptors (Lipinski definition) is 2. The van der Waals surface area contributed by atoms with Crippen LogP contribution in [0.3, 0.4) is 0 Å². The van der Waals surface area contributed by atoms with Gasteiger partial charge in [-0.15, -0.1) is 0 Å². The van der Waals surface area contributed by atoms with Crippen LogP contribution in [0.15, 0.2) is 0 Å². The first kappa shape index (κ1) is 11.4. The van der Waals surface area contributed by atoms with E-state index in [-0.39, 0.29) is 23.8 Å². The van der Waals surface area contributed by atoms with Gasteiger partial charge in [0.15, 0.2) is 0 Å². The van der Waals surface area contributed by atoms with Crippen molar-refractivity contribution in [1.82, 2.24) is 10.2 Å². The van der Waals surface area contributed by atoms with Gasteiger partial charge in [-0.2, -0.15) is 0 Å². The topological polar surface area (TPSA) is 49.4 Å². The fourth-order valence-corrected chi connectivity index (χ4v) is 2.61. The van der Waals surface area contributed by atoms with Gasteiger partial charge in [-0.3, -0.25) is 9.59 Å². The molecule has 90 valence electrons. The monoisotopic (exact) mass is 224 g/mol. The van der Waals surface area contributed by atoms with E-state index in [0.29, 0.717) is 0 Å². The third-order valence-electron chi connectivity index (χ3n) is 3.74. The lowest BCUT2D eigenvalue weighted by atomic mass is 9.70. The number of amides is 2. The molecule has 1 heterocycles. The van der Waals surface area contributed by atoms with Gasteiger partial charge in [0.2, 0.25) is 11.8 Å². The molecule has 0 aromatic carbocycles. The van der Waals surface area contributed by atoms with Gasteiger partial charge < -0.3 is 10.2 Å². The molecule has 0 radical (unpaired) electrons. The number of carbonyl (C=O) groups is 2. The van der Waals surface area contributed by atoms with Crippen molar-refractivity contribution in [3.05, 3.63) is 0 Å². The standard InChI is InChI=1S/C12H20N2O2/c1-11(2)10(16)14(7-9(15)13-11)8-12(3)5-4-6-12/h4-8H2,1-3H3,(H,13,15). The molecule has 1 aliphatic carbocycles. The number of nitrogens with zero attached hydrogens (tertiary/aromatic N) is 1. The number of piperazine rings is 1. The summed E-state index contributed by atoms with van der Waals surface area (Å²) in [4.78, 5) is 25.4. The highest BCUT2D eigenvalue weighted by Crippen LogP contribution is 2.41. The van der Waals surface area contributed by atoms with E-state index in [2.05, 4.69) is 12.2 Å². The van der Waals surface area contributed by atoms with Crippen LogP contribution in [-0.4, -0.2) is 35.3 Å². The third kappa shape index (κ3) is 1.93. The van der Waals surface area contributed by atoms with Gasteiger partial charge in [0.05, 0.1) is 6.54 Å². The van der Waals surface area contributed by atoms with Crippen LogP contribution < -0.4 is 5.32 Å². The van der Waals surface area contributed by atoms with Crippen LogP contribution in [0.1, 0.15) is 40.0 Å². The fourth-order valence-electron chi connectivity index (χ4n) is 2.61. The molecule has 0 atom stereocenters. The molecular formula is C12H20N2O2. The fraction of sp³-hybridized carbons (Fsp3) is 0.833. The highest BCUT2D eigenvalue weighted by molar-refractivity contribution is 5.97. The third-order valence-corrected chi connectivity index (χ3v) is 3.74. The molecule has 0 aromatic heterocycles. The van der Waals surface area contributed by atoms with Gasteiger partial charge in [0.25, 0.3) is 0 Å². The van der Waals surface area contributed by atoms with E-state index < -0.39 is 5.54 Å². The predicted octanol–water partition coefficient (Wildman–Crippen LogP) is 0.914. The summed E-state index contributed by atoms with van der Waals surface area (Å²) in [6.45, 7) is 6.68. The highest BCUT2D eigenvalue weighted by Gasteiger charge is 2.43. The molecule has 2 fully saturated rings. The van der Waals surface area contributed by atoms with E-state index in [1.54, 1.807) is 18.7 Å². The molecule has 1 N–H and O–H groups in total. The molecule has 0 unspecified atom stereocenters. The summed E-state index contributed by atoms with van der Waals surface area (Å²) in [6, 6.07) is 0. The summed E-state index contributed by atoms with van der Waals surface area (Å²) in [5.74, 6) is -0.00671. The van der Waals surface area contributed by atoms with Gasteiger partial charge in [-0.05, 0) is 32.1 Å². The number of nitrogens with one attached hydrogen (secondary N) is 1. The Kier molecular flexibility index (Phi) is 2.48. The van der Waals surface area contributed by atoms with Crippen molar-refractivity contribution < 1.29 is 9.59 Å². The zero-order valence-corrected chi connectivity index (χ0v) is 10.3. The van der Waals surface area contributed by atoms with Gasteiger partial charge in [-0.25, -0.2) is 0 Å². The van der Waals surface area contributed by atoms with E-state index in [9.17, 15) is 9.59 Å². The molecule has 16 heavy (non-hydrogen) atoms. The number of hydrogen-bond donors (Lipinski definition) is 1. The van der Waals surface area contributed by atoms with Gasteiger partial charge in [-0.1, -0.05) is 13.3 Å². The first-order chi connectivity index (χ1) is 7.32. The van der Waals surface area contributed by atoms with E-state index in [0.717, 1.165) is 6.54 Å². The van der Waals surface area contributed by atoms with Crippen LogP contribution in [0.4, 0.5) is 0 Å². The molecule has 1 aliphatic heterocycles. The van der Waals surface area contributed by atoms with Crippen LogP contribution in [0.2, 0.25) is 0 Å². The lowest BCUT2D eigenvalue weighted by molar-refractivity contribution is -0.150. The highest BCUT2D eigenvalue weighted by atomic mass is 16.2. The average Bonchev–Trinajstić information content (AvgIpc) is 2.10. The van der Waals surface area contributed by atoms with Crippen LogP contribution in [0.5, 0.6) is 0 Å². The Morgan fingerprint density at radius 3 is 2.38 bits per heavy atom. The maximum absolute atomic E-state index is 12.1. The quantitative estimate of drug-likeness (QED) is 0.758. The van der Waals surface area contributed by atoms with Crippen LogP contribution >= 0.6 is 0 Å². The lowest BCUT2D eigenvalue weighted by Gasteiger charge is -2.45. The number of rotatable bonds is 2. The molecule has 0 aromatic rings. The van der Waals surface area contributed by atoms with Gasteiger partial charge in [0, 0.05) is 6.54 Å². The Morgan fingerprint density at radius 1 is 1.25 bits per heavy atom. The molecule has 2 rings (SSSR count). The minimum Gasteiger partial charge on any atom is -0.341 e. The van der Waals surface area contributed by atoms with Crippen molar-refractivity contribution in [2.75, 3.05) is 13.1 Å². The molecule has 1 saturated heterocycles. The summed E-state index contributed by atoms with van der Waals surface area (Å²) in [5.41, 5.74) is -0.501. The van der Waals surface area contributed by atoms with Crippen LogP contribution in [-0.2, 0) is 9.59 Å². The molecule has 0 bridgehead atoms. The maximum atomic E-state index is 12.1. The van der Waals surface area contributed by atoms with Gasteiger partial charge >= 0.3 is 0 Å². The lowest BCUT2D eigenvalue weighted by Crippen LogP contribution is -2.65. The van der Waals surface area contributed by atoms with Crippen LogP contribution in [0, 0.1) is 5.41 Å². The molecule has 4 heteroatoms. The Labute approximate surface area is 96.4 Å². The molecule has 4 nitrogen and oxygen atoms in total. The van der Waals surface area contributed by atoms with Gasteiger partial charge in [0.1, 0.15) is 5.54 Å².